The zero-order valence-electron chi connectivity index (χ0n) is 11.6. The Morgan fingerprint density at radius 3 is 2.44 bits per heavy atom. The van der Waals surface area contributed by atoms with Crippen LogP contribution in [0.4, 0.5) is 0 Å². The molecule has 4 heteroatoms. The van der Waals surface area contributed by atoms with E-state index in [1.807, 2.05) is 38.1 Å². The van der Waals surface area contributed by atoms with Crippen molar-refractivity contribution in [3.63, 3.8) is 0 Å². The predicted molar refractivity (Wildman–Crippen MR) is 72.3 cm³/mol. The Labute approximate surface area is 109 Å². The molecule has 4 nitrogen and oxygen atoms in total. The second kappa shape index (κ2) is 6.61. The Bertz CT molecular complexity index is 364. The highest BCUT2D eigenvalue weighted by molar-refractivity contribution is 5.39. The Balaban J connectivity index is 2.38. The summed E-state index contributed by atoms with van der Waals surface area (Å²) in [5.74, 6) is 1.46. The van der Waals surface area contributed by atoms with Gasteiger partial charge in [0.2, 0.25) is 0 Å². The molecular formula is C14H23NO3. The van der Waals surface area contributed by atoms with Gasteiger partial charge in [-0.25, -0.2) is 0 Å². The minimum Gasteiger partial charge on any atom is -0.493 e. The third kappa shape index (κ3) is 4.20. The van der Waals surface area contributed by atoms with Crippen LogP contribution in [0, 0.1) is 0 Å². The molecule has 1 atom stereocenters. The van der Waals surface area contributed by atoms with Gasteiger partial charge in [0.05, 0.1) is 13.2 Å². The van der Waals surface area contributed by atoms with Gasteiger partial charge in [0, 0.05) is 12.1 Å². The summed E-state index contributed by atoms with van der Waals surface area (Å²) >= 11 is 0. The van der Waals surface area contributed by atoms with Crippen LogP contribution in [0.5, 0.6) is 11.5 Å². The number of ether oxygens (including phenoxy) is 2. The molecule has 1 rings (SSSR count). The molecule has 0 spiro atoms. The second-order valence-corrected chi connectivity index (χ2v) is 4.82. The monoisotopic (exact) mass is 253 g/mol. The van der Waals surface area contributed by atoms with E-state index < -0.39 is 6.10 Å². The van der Waals surface area contributed by atoms with E-state index in [2.05, 4.69) is 5.32 Å². The van der Waals surface area contributed by atoms with Gasteiger partial charge in [0.15, 0.2) is 11.5 Å². The normalized spacial score (nSPS) is 13.2. The summed E-state index contributed by atoms with van der Waals surface area (Å²) in [5, 5.41) is 12.8. The molecular weight excluding hydrogens is 230 g/mol. The average Bonchev–Trinajstić information content (AvgIpc) is 2.35. The molecule has 102 valence electrons. The number of aliphatic hydroxyl groups is 1. The fourth-order valence-electron chi connectivity index (χ4n) is 1.42. The van der Waals surface area contributed by atoms with Gasteiger partial charge in [-0.2, -0.15) is 0 Å². The van der Waals surface area contributed by atoms with E-state index in [0.29, 0.717) is 13.2 Å². The molecule has 0 bridgehead atoms. The molecule has 0 radical (unpaired) electrons. The van der Waals surface area contributed by atoms with Gasteiger partial charge >= 0.3 is 0 Å². The van der Waals surface area contributed by atoms with Crippen LogP contribution in [0.3, 0.4) is 0 Å². The smallest absolute Gasteiger partial charge is 0.161 e. The molecule has 0 aliphatic heterocycles. The van der Waals surface area contributed by atoms with Crippen molar-refractivity contribution in [2.75, 3.05) is 20.3 Å². The minimum atomic E-state index is -0.413. The largest absolute Gasteiger partial charge is 0.493 e. The fourth-order valence-corrected chi connectivity index (χ4v) is 1.42. The van der Waals surface area contributed by atoms with Gasteiger partial charge in [-0.1, -0.05) is 12.1 Å². The molecule has 18 heavy (non-hydrogen) atoms. The van der Waals surface area contributed by atoms with Gasteiger partial charge in [0.1, 0.15) is 6.61 Å². The van der Waals surface area contributed by atoms with Crippen LogP contribution in [-0.4, -0.2) is 37.0 Å². The molecule has 1 unspecified atom stereocenters. The minimum absolute atomic E-state index is 0.315. The van der Waals surface area contributed by atoms with Crippen LogP contribution in [0.15, 0.2) is 24.3 Å². The van der Waals surface area contributed by atoms with Crippen LogP contribution in [-0.2, 0) is 0 Å². The summed E-state index contributed by atoms with van der Waals surface area (Å²) in [6, 6.07) is 7.55. The van der Waals surface area contributed by atoms with E-state index in [-0.39, 0.29) is 5.54 Å². The number of aliphatic hydroxyl groups excluding tert-OH is 1. The molecule has 0 heterocycles. The highest BCUT2D eigenvalue weighted by Crippen LogP contribution is 2.25. The van der Waals surface area contributed by atoms with E-state index >= 15 is 0 Å². The first kappa shape index (κ1) is 14.8. The quantitative estimate of drug-likeness (QED) is 0.728. The van der Waals surface area contributed by atoms with Crippen LogP contribution < -0.4 is 14.8 Å². The lowest BCUT2D eigenvalue weighted by molar-refractivity contribution is 0.0936. The van der Waals surface area contributed by atoms with Crippen LogP contribution in [0.1, 0.15) is 20.8 Å². The molecule has 0 saturated heterocycles. The number of hydrogen-bond acceptors (Lipinski definition) is 4. The van der Waals surface area contributed by atoms with Crippen LogP contribution >= 0.6 is 0 Å². The standard InChI is InChI=1S/C14H23NO3/c1-11(16)14(2,3)15-9-10-18-13-8-6-5-7-12(13)17-4/h5-8,11,15-16H,9-10H2,1-4H3. The molecule has 2 N–H and O–H groups in total. The van der Waals surface area contributed by atoms with Gasteiger partial charge in [0.25, 0.3) is 0 Å². The van der Waals surface area contributed by atoms with Crippen LogP contribution in [0.25, 0.3) is 0 Å². The van der Waals surface area contributed by atoms with Crippen molar-refractivity contribution < 1.29 is 14.6 Å². The first-order valence-electron chi connectivity index (χ1n) is 6.16. The number of rotatable bonds is 7. The summed E-state index contributed by atoms with van der Waals surface area (Å²) < 4.78 is 10.8. The van der Waals surface area contributed by atoms with Gasteiger partial charge in [-0.3, -0.25) is 0 Å². The summed E-state index contributed by atoms with van der Waals surface area (Å²) in [4.78, 5) is 0. The summed E-state index contributed by atoms with van der Waals surface area (Å²) in [6.07, 6.45) is -0.413. The second-order valence-electron chi connectivity index (χ2n) is 4.82. The first-order valence-corrected chi connectivity index (χ1v) is 6.16. The molecule has 1 aromatic rings. The SMILES string of the molecule is COc1ccccc1OCCNC(C)(C)C(C)O. The topological polar surface area (TPSA) is 50.7 Å². The molecule has 0 aromatic heterocycles. The third-order valence-electron chi connectivity index (χ3n) is 3.05. The summed E-state index contributed by atoms with van der Waals surface area (Å²) in [7, 11) is 1.62. The maximum atomic E-state index is 9.56. The number of hydrogen-bond donors (Lipinski definition) is 2. The lowest BCUT2D eigenvalue weighted by Gasteiger charge is -2.29. The number of nitrogens with one attached hydrogen (secondary N) is 1. The Kier molecular flexibility index (Phi) is 5.44. The van der Waals surface area contributed by atoms with Gasteiger partial charge in [-0.15, -0.1) is 0 Å². The van der Waals surface area contributed by atoms with Crippen molar-refractivity contribution in [2.24, 2.45) is 0 Å². The molecule has 0 saturated carbocycles. The van der Waals surface area contributed by atoms with Crippen molar-refractivity contribution in [3.05, 3.63) is 24.3 Å². The molecule has 1 aromatic carbocycles. The Hall–Kier alpha value is -1.26. The maximum Gasteiger partial charge on any atom is 0.161 e. The Morgan fingerprint density at radius 1 is 1.28 bits per heavy atom. The first-order chi connectivity index (χ1) is 8.47. The zero-order chi connectivity index (χ0) is 13.6. The van der Waals surface area contributed by atoms with E-state index in [4.69, 9.17) is 9.47 Å². The van der Waals surface area contributed by atoms with Gasteiger partial charge in [-0.05, 0) is 32.9 Å². The summed E-state index contributed by atoms with van der Waals surface area (Å²) in [5.41, 5.74) is -0.315. The molecule has 0 aliphatic carbocycles. The lowest BCUT2D eigenvalue weighted by atomic mass is 9.99. The van der Waals surface area contributed by atoms with E-state index in [1.54, 1.807) is 14.0 Å². The van der Waals surface area contributed by atoms with Crippen molar-refractivity contribution >= 4 is 0 Å². The highest BCUT2D eigenvalue weighted by atomic mass is 16.5. The molecule has 0 amide bonds. The Morgan fingerprint density at radius 2 is 1.89 bits per heavy atom. The number of para-hydroxylation sites is 2. The predicted octanol–water partition coefficient (Wildman–Crippen LogP) is 1.82. The van der Waals surface area contributed by atoms with Crippen LogP contribution in [0.2, 0.25) is 0 Å². The van der Waals surface area contributed by atoms with E-state index in [9.17, 15) is 5.11 Å². The summed E-state index contributed by atoms with van der Waals surface area (Å²) in [6.45, 7) is 6.88. The number of methoxy groups -OCH3 is 1. The molecule has 0 aliphatic rings. The zero-order valence-corrected chi connectivity index (χ0v) is 11.6. The average molecular weight is 253 g/mol. The fraction of sp³-hybridized carbons (Fsp3) is 0.571. The van der Waals surface area contributed by atoms with Crippen molar-refractivity contribution in [2.45, 2.75) is 32.4 Å². The van der Waals surface area contributed by atoms with E-state index in [1.165, 1.54) is 0 Å². The lowest BCUT2D eigenvalue weighted by Crippen LogP contribution is -2.49. The van der Waals surface area contributed by atoms with E-state index in [0.717, 1.165) is 11.5 Å². The van der Waals surface area contributed by atoms with Gasteiger partial charge < -0.3 is 19.9 Å². The molecule has 0 fully saturated rings. The van der Waals surface area contributed by atoms with Crippen molar-refractivity contribution in [3.8, 4) is 11.5 Å². The van der Waals surface area contributed by atoms with Crippen molar-refractivity contribution in [1.82, 2.24) is 5.32 Å². The number of benzene rings is 1. The van der Waals surface area contributed by atoms with Crippen molar-refractivity contribution in [1.29, 1.82) is 0 Å². The third-order valence-corrected chi connectivity index (χ3v) is 3.05. The maximum absolute atomic E-state index is 9.56. The highest BCUT2D eigenvalue weighted by Gasteiger charge is 2.22.